The second-order valence-corrected chi connectivity index (χ2v) is 5.37. The maximum absolute atomic E-state index is 4.39. The van der Waals surface area contributed by atoms with Crippen molar-refractivity contribution in [3.8, 4) is 10.7 Å². The van der Waals surface area contributed by atoms with Crippen LogP contribution in [0.3, 0.4) is 0 Å². The molecule has 4 nitrogen and oxygen atoms in total. The van der Waals surface area contributed by atoms with Gasteiger partial charge in [0.05, 0.1) is 11.4 Å². The summed E-state index contributed by atoms with van der Waals surface area (Å²) in [6, 6.07) is 12.5. The van der Waals surface area contributed by atoms with Crippen LogP contribution < -0.4 is 0 Å². The Morgan fingerprint density at radius 2 is 2.00 bits per heavy atom. The van der Waals surface area contributed by atoms with Crippen LogP contribution in [0.1, 0.15) is 11.1 Å². The first kappa shape index (κ1) is 12.0. The summed E-state index contributed by atoms with van der Waals surface area (Å²) < 4.78 is 0. The van der Waals surface area contributed by atoms with Crippen LogP contribution in [0.15, 0.2) is 41.8 Å². The number of benzene rings is 1. The van der Waals surface area contributed by atoms with Crippen LogP contribution in [0.5, 0.6) is 0 Å². The zero-order valence-corrected chi connectivity index (χ0v) is 11.5. The van der Waals surface area contributed by atoms with Gasteiger partial charge in [-0.15, -0.1) is 21.5 Å². The average Bonchev–Trinajstić information content (AvgIpc) is 3.09. The molecule has 0 atom stereocenters. The van der Waals surface area contributed by atoms with Gasteiger partial charge in [-0.3, -0.25) is 0 Å². The normalized spacial score (nSPS) is 10.8. The van der Waals surface area contributed by atoms with E-state index in [4.69, 9.17) is 0 Å². The van der Waals surface area contributed by atoms with Gasteiger partial charge >= 0.3 is 0 Å². The summed E-state index contributed by atoms with van der Waals surface area (Å²) >= 11 is 1.63. The molecule has 0 fully saturated rings. The van der Waals surface area contributed by atoms with Gasteiger partial charge in [-0.1, -0.05) is 35.9 Å². The van der Waals surface area contributed by atoms with E-state index in [1.165, 1.54) is 11.1 Å². The summed E-state index contributed by atoms with van der Waals surface area (Å²) in [4.78, 5) is 2.72. The minimum Gasteiger partial charge on any atom is -0.163 e. The molecule has 0 aliphatic heterocycles. The smallest absolute Gasteiger partial charge is 0.163 e. The van der Waals surface area contributed by atoms with Crippen molar-refractivity contribution in [2.75, 3.05) is 0 Å². The van der Waals surface area contributed by atoms with Crippen molar-refractivity contribution in [2.45, 2.75) is 19.9 Å². The highest BCUT2D eigenvalue weighted by Gasteiger charge is 2.06. The molecule has 0 radical (unpaired) electrons. The molecule has 2 aromatic heterocycles. The molecule has 0 spiro atoms. The Morgan fingerprint density at radius 3 is 2.74 bits per heavy atom. The minimum atomic E-state index is 0.707. The average molecular weight is 270 g/mol. The van der Waals surface area contributed by atoms with Crippen molar-refractivity contribution in [2.24, 2.45) is 0 Å². The molecule has 19 heavy (non-hydrogen) atoms. The molecule has 5 heteroatoms. The number of tetrazole rings is 1. The summed E-state index contributed by atoms with van der Waals surface area (Å²) in [6.07, 6.45) is 0.917. The van der Waals surface area contributed by atoms with Crippen molar-refractivity contribution in [1.82, 2.24) is 20.2 Å². The van der Waals surface area contributed by atoms with Crippen molar-refractivity contribution < 1.29 is 0 Å². The first-order valence-corrected chi connectivity index (χ1v) is 7.06. The van der Waals surface area contributed by atoms with Crippen LogP contribution in [-0.4, -0.2) is 20.2 Å². The Hall–Kier alpha value is -2.01. The van der Waals surface area contributed by atoms with Crippen molar-refractivity contribution in [3.63, 3.8) is 0 Å². The number of thiophene rings is 1. The molecular formula is C14H14N4S. The number of hydrogen-bond donors (Lipinski definition) is 0. The fourth-order valence-electron chi connectivity index (χ4n) is 1.83. The van der Waals surface area contributed by atoms with Crippen molar-refractivity contribution in [3.05, 3.63) is 52.9 Å². The number of aromatic nitrogens is 4. The van der Waals surface area contributed by atoms with Crippen LogP contribution in [0.25, 0.3) is 10.7 Å². The molecule has 0 saturated carbocycles. The highest BCUT2D eigenvalue weighted by Crippen LogP contribution is 2.19. The third-order valence-corrected chi connectivity index (χ3v) is 3.78. The molecule has 0 N–H and O–H groups in total. The number of rotatable bonds is 4. The van der Waals surface area contributed by atoms with Gasteiger partial charge < -0.3 is 0 Å². The van der Waals surface area contributed by atoms with E-state index in [0.29, 0.717) is 5.82 Å². The summed E-state index contributed by atoms with van der Waals surface area (Å²) in [5.41, 5.74) is 2.57. The molecule has 0 aliphatic carbocycles. The molecule has 0 amide bonds. The highest BCUT2D eigenvalue weighted by molar-refractivity contribution is 7.13. The van der Waals surface area contributed by atoms with Crippen LogP contribution in [0.4, 0.5) is 0 Å². The maximum Gasteiger partial charge on any atom is 0.214 e. The summed E-state index contributed by atoms with van der Waals surface area (Å²) in [5, 5.41) is 14.6. The van der Waals surface area contributed by atoms with Gasteiger partial charge in [-0.25, -0.2) is 0 Å². The van der Waals surface area contributed by atoms with Gasteiger partial charge in [0, 0.05) is 0 Å². The van der Waals surface area contributed by atoms with E-state index in [0.717, 1.165) is 17.8 Å². The van der Waals surface area contributed by atoms with Crippen LogP contribution in [0.2, 0.25) is 0 Å². The predicted octanol–water partition coefficient (Wildman–Crippen LogP) is 2.95. The molecule has 3 aromatic rings. The van der Waals surface area contributed by atoms with Gasteiger partial charge in [-0.05, 0) is 35.6 Å². The first-order valence-electron chi connectivity index (χ1n) is 6.18. The Balaban J connectivity index is 1.66. The number of aryl methyl sites for hydroxylation is 3. The number of hydrogen-bond acceptors (Lipinski definition) is 4. The second kappa shape index (κ2) is 5.32. The summed E-state index contributed by atoms with van der Waals surface area (Å²) in [7, 11) is 0. The predicted molar refractivity (Wildman–Crippen MR) is 76.0 cm³/mol. The molecule has 1 aromatic carbocycles. The van der Waals surface area contributed by atoms with E-state index < -0.39 is 0 Å². The summed E-state index contributed by atoms with van der Waals surface area (Å²) in [6.45, 7) is 2.84. The molecule has 0 bridgehead atoms. The molecule has 2 heterocycles. The van der Waals surface area contributed by atoms with E-state index in [1.54, 1.807) is 16.1 Å². The zero-order valence-electron chi connectivity index (χ0n) is 10.7. The van der Waals surface area contributed by atoms with Gasteiger partial charge in [0.2, 0.25) is 5.82 Å². The van der Waals surface area contributed by atoms with Gasteiger partial charge in [0.25, 0.3) is 0 Å². The fraction of sp³-hybridized carbons (Fsp3) is 0.214. The van der Waals surface area contributed by atoms with E-state index in [1.807, 2.05) is 17.5 Å². The zero-order chi connectivity index (χ0) is 13.1. The standard InChI is InChI=1S/C14H14N4S/c1-11-4-6-12(7-5-11)8-9-18-16-14(15-17-18)13-3-2-10-19-13/h2-7,10H,8-9H2,1H3. The van der Waals surface area contributed by atoms with Gasteiger partial charge in [-0.2, -0.15) is 4.80 Å². The molecule has 96 valence electrons. The molecule has 0 unspecified atom stereocenters. The lowest BCUT2D eigenvalue weighted by molar-refractivity contribution is 0.523. The minimum absolute atomic E-state index is 0.707. The quantitative estimate of drug-likeness (QED) is 0.732. The highest BCUT2D eigenvalue weighted by atomic mass is 32.1. The van der Waals surface area contributed by atoms with Crippen LogP contribution >= 0.6 is 11.3 Å². The van der Waals surface area contributed by atoms with E-state index in [9.17, 15) is 0 Å². The maximum atomic E-state index is 4.39. The van der Waals surface area contributed by atoms with Gasteiger partial charge in [0.1, 0.15) is 0 Å². The molecule has 0 saturated heterocycles. The lowest BCUT2D eigenvalue weighted by atomic mass is 10.1. The Labute approximate surface area is 115 Å². The SMILES string of the molecule is Cc1ccc(CCn2nnc(-c3cccs3)n2)cc1. The topological polar surface area (TPSA) is 43.6 Å². The van der Waals surface area contributed by atoms with E-state index >= 15 is 0 Å². The Bertz CT molecular complexity index is 640. The largest absolute Gasteiger partial charge is 0.214 e. The third-order valence-electron chi connectivity index (χ3n) is 2.92. The van der Waals surface area contributed by atoms with Crippen LogP contribution in [-0.2, 0) is 13.0 Å². The van der Waals surface area contributed by atoms with Gasteiger partial charge in [0.15, 0.2) is 0 Å². The second-order valence-electron chi connectivity index (χ2n) is 4.42. The first-order chi connectivity index (χ1) is 9.31. The number of nitrogens with zero attached hydrogens (tertiary/aromatic N) is 4. The van der Waals surface area contributed by atoms with Crippen LogP contribution in [0, 0.1) is 6.92 Å². The summed E-state index contributed by atoms with van der Waals surface area (Å²) in [5.74, 6) is 0.707. The molecular weight excluding hydrogens is 256 g/mol. The van der Waals surface area contributed by atoms with Crippen molar-refractivity contribution >= 4 is 11.3 Å². The lowest BCUT2D eigenvalue weighted by Gasteiger charge is -2.00. The Morgan fingerprint density at radius 1 is 1.16 bits per heavy atom. The van der Waals surface area contributed by atoms with E-state index in [-0.39, 0.29) is 0 Å². The van der Waals surface area contributed by atoms with E-state index in [2.05, 4.69) is 46.6 Å². The monoisotopic (exact) mass is 270 g/mol. The Kier molecular flexibility index (Phi) is 3.37. The third kappa shape index (κ3) is 2.88. The molecule has 0 aliphatic rings. The lowest BCUT2D eigenvalue weighted by Crippen LogP contribution is -2.05. The van der Waals surface area contributed by atoms with Crippen molar-refractivity contribution in [1.29, 1.82) is 0 Å². The molecule has 3 rings (SSSR count). The fourth-order valence-corrected chi connectivity index (χ4v) is 2.47.